The van der Waals surface area contributed by atoms with Gasteiger partial charge in [0.1, 0.15) is 0 Å². The lowest BCUT2D eigenvalue weighted by Gasteiger charge is -2.37. The van der Waals surface area contributed by atoms with Crippen molar-refractivity contribution in [3.8, 4) is 0 Å². The molecule has 1 saturated heterocycles. The fourth-order valence-electron chi connectivity index (χ4n) is 4.36. The van der Waals surface area contributed by atoms with E-state index in [1.54, 1.807) is 15.2 Å². The monoisotopic (exact) mass is 413 g/mol. The van der Waals surface area contributed by atoms with E-state index in [2.05, 4.69) is 10.4 Å². The molecule has 0 amide bonds. The van der Waals surface area contributed by atoms with Gasteiger partial charge in [-0.1, -0.05) is 26.7 Å². The molecule has 1 aromatic rings. The Kier molecular flexibility index (Phi) is 6.72. The van der Waals surface area contributed by atoms with Crippen LogP contribution in [0.4, 0.5) is 5.82 Å². The number of aromatic nitrogens is 2. The smallest absolute Gasteiger partial charge is 0.358 e. The van der Waals surface area contributed by atoms with Gasteiger partial charge in [0.25, 0.3) is 0 Å². The minimum absolute atomic E-state index is 0.102. The van der Waals surface area contributed by atoms with Crippen LogP contribution in [0.5, 0.6) is 0 Å². The molecule has 1 saturated carbocycles. The number of sulfonamides is 1. The van der Waals surface area contributed by atoms with E-state index in [0.29, 0.717) is 13.1 Å². The quantitative estimate of drug-likeness (QED) is 0.542. The van der Waals surface area contributed by atoms with Crippen LogP contribution in [-0.4, -0.2) is 58.4 Å². The van der Waals surface area contributed by atoms with Crippen LogP contribution in [0.2, 0.25) is 0 Å². The Balaban J connectivity index is 1.59. The lowest BCUT2D eigenvalue weighted by molar-refractivity contribution is -0.389. The molecule has 0 radical (unpaired) electrons. The molecule has 2 unspecified atom stereocenters. The van der Waals surface area contributed by atoms with E-state index >= 15 is 0 Å². The summed E-state index contributed by atoms with van der Waals surface area (Å²) in [7, 11) is -3.17. The van der Waals surface area contributed by atoms with Gasteiger partial charge in [0.15, 0.2) is 0 Å². The Hall–Kier alpha value is -1.52. The van der Waals surface area contributed by atoms with Gasteiger partial charge in [0.05, 0.1) is 29.2 Å². The maximum Gasteiger partial charge on any atom is 0.389 e. The second-order valence-electron chi connectivity index (χ2n) is 8.38. The van der Waals surface area contributed by atoms with E-state index in [4.69, 9.17) is 0 Å². The highest BCUT2D eigenvalue weighted by Crippen LogP contribution is 2.30. The highest BCUT2D eigenvalue weighted by Gasteiger charge is 2.34. The fraction of sp³-hybridized carbons (Fsp3) is 0.833. The molecule has 2 aliphatic rings. The van der Waals surface area contributed by atoms with Crippen LogP contribution >= 0.6 is 0 Å². The summed E-state index contributed by atoms with van der Waals surface area (Å²) in [5.74, 6) is 0.211. The second-order valence-corrected chi connectivity index (χ2v) is 10.4. The number of rotatable bonds is 7. The van der Waals surface area contributed by atoms with Gasteiger partial charge in [-0.05, 0) is 36.5 Å². The number of nitro groups is 1. The third-order valence-electron chi connectivity index (χ3n) is 5.69. The van der Waals surface area contributed by atoms with Gasteiger partial charge in [0.2, 0.25) is 10.0 Å². The molecule has 1 N–H and O–H groups in total. The summed E-state index contributed by atoms with van der Waals surface area (Å²) in [6, 6.07) is 2.02. The maximum atomic E-state index is 12.4. The summed E-state index contributed by atoms with van der Waals surface area (Å²) < 4.78 is 28.2. The lowest BCUT2D eigenvalue weighted by atomic mass is 9.89. The Morgan fingerprint density at radius 2 is 1.93 bits per heavy atom. The summed E-state index contributed by atoms with van der Waals surface area (Å²) in [5, 5.41) is 18.8. The van der Waals surface area contributed by atoms with E-state index in [-0.39, 0.29) is 35.6 Å². The van der Waals surface area contributed by atoms with Gasteiger partial charge in [-0.3, -0.25) is 0 Å². The normalized spacial score (nSPS) is 25.2. The highest BCUT2D eigenvalue weighted by molar-refractivity contribution is 7.89. The fourth-order valence-corrected chi connectivity index (χ4v) is 6.18. The minimum atomic E-state index is -3.17. The Labute approximate surface area is 166 Å². The van der Waals surface area contributed by atoms with Crippen molar-refractivity contribution in [1.29, 1.82) is 0 Å². The van der Waals surface area contributed by atoms with Crippen molar-refractivity contribution < 1.29 is 13.3 Å². The molecule has 1 aliphatic carbocycles. The Morgan fingerprint density at radius 3 is 2.54 bits per heavy atom. The molecule has 1 aliphatic heterocycles. The predicted octanol–water partition coefficient (Wildman–Crippen LogP) is 2.31. The number of nitrogens with zero attached hydrogens (tertiary/aromatic N) is 4. The molecule has 0 bridgehead atoms. The van der Waals surface area contributed by atoms with Crippen molar-refractivity contribution in [3.63, 3.8) is 0 Å². The molecule has 9 nitrogen and oxygen atoms in total. The first-order chi connectivity index (χ1) is 13.3. The maximum absolute atomic E-state index is 12.4. The molecule has 1 aromatic heterocycles. The Bertz CT molecular complexity index is 771. The molecular formula is C18H31N5O4S. The number of hydrogen-bond donors (Lipinski definition) is 1. The van der Waals surface area contributed by atoms with Crippen LogP contribution in [0.1, 0.15) is 58.4 Å². The molecular weight excluding hydrogens is 382 g/mol. The summed E-state index contributed by atoms with van der Waals surface area (Å²) in [6.07, 6.45) is 7.44. The molecule has 158 valence electrons. The molecule has 0 spiro atoms. The molecule has 2 heterocycles. The highest BCUT2D eigenvalue weighted by atomic mass is 32.2. The lowest BCUT2D eigenvalue weighted by Crippen LogP contribution is -2.51. The number of piperidine rings is 1. The van der Waals surface area contributed by atoms with Gasteiger partial charge in [-0.2, -0.15) is 4.68 Å². The number of hydrogen-bond acceptors (Lipinski definition) is 6. The third-order valence-corrected chi connectivity index (χ3v) is 7.93. The van der Waals surface area contributed by atoms with Crippen molar-refractivity contribution in [1.82, 2.24) is 19.4 Å². The van der Waals surface area contributed by atoms with Gasteiger partial charge in [0, 0.05) is 25.2 Å². The zero-order valence-corrected chi connectivity index (χ0v) is 17.5. The van der Waals surface area contributed by atoms with Gasteiger partial charge in [-0.15, -0.1) is 0 Å². The van der Waals surface area contributed by atoms with Crippen LogP contribution in [0.25, 0.3) is 0 Å². The van der Waals surface area contributed by atoms with Crippen molar-refractivity contribution in [2.45, 2.75) is 70.5 Å². The SMILES string of the molecule is CC(C)CS(=O)(=O)N1CCC(NC2CCCCC2n2ccc([N+](=O)[O-])n2)CC1. The zero-order chi connectivity index (χ0) is 20.3. The molecule has 28 heavy (non-hydrogen) atoms. The van der Waals surface area contributed by atoms with Crippen LogP contribution in [0.15, 0.2) is 12.3 Å². The van der Waals surface area contributed by atoms with Crippen LogP contribution in [0, 0.1) is 16.0 Å². The minimum Gasteiger partial charge on any atom is -0.358 e. The topological polar surface area (TPSA) is 110 Å². The van der Waals surface area contributed by atoms with Crippen LogP contribution in [0.3, 0.4) is 0 Å². The molecule has 10 heteroatoms. The van der Waals surface area contributed by atoms with Crippen LogP contribution in [-0.2, 0) is 10.0 Å². The molecule has 0 aromatic carbocycles. The first-order valence-corrected chi connectivity index (χ1v) is 11.8. The van der Waals surface area contributed by atoms with Gasteiger partial charge in [-0.25, -0.2) is 12.7 Å². The van der Waals surface area contributed by atoms with E-state index in [9.17, 15) is 18.5 Å². The van der Waals surface area contributed by atoms with Crippen molar-refractivity contribution >= 4 is 15.8 Å². The molecule has 2 atom stereocenters. The molecule has 3 rings (SSSR count). The first kappa shape index (κ1) is 21.2. The summed E-state index contributed by atoms with van der Waals surface area (Å²) in [4.78, 5) is 10.5. The largest absolute Gasteiger partial charge is 0.389 e. The summed E-state index contributed by atoms with van der Waals surface area (Å²) >= 11 is 0. The van der Waals surface area contributed by atoms with Gasteiger partial charge < -0.3 is 15.4 Å². The van der Waals surface area contributed by atoms with Gasteiger partial charge >= 0.3 is 5.82 Å². The second kappa shape index (κ2) is 8.87. The van der Waals surface area contributed by atoms with E-state index in [1.165, 1.54) is 6.07 Å². The molecule has 2 fully saturated rings. The average Bonchev–Trinajstić information content (AvgIpc) is 3.12. The standard InChI is InChI=1S/C18H31N5O4S/c1-14(2)13-28(26,27)21-10-7-15(8-11-21)19-16-5-3-4-6-17(16)22-12-9-18(20-22)23(24)25/h9,12,14-17,19H,3-8,10-11,13H2,1-2H3. The van der Waals surface area contributed by atoms with Crippen molar-refractivity contribution in [2.75, 3.05) is 18.8 Å². The van der Waals surface area contributed by atoms with E-state index < -0.39 is 14.9 Å². The van der Waals surface area contributed by atoms with Crippen molar-refractivity contribution in [3.05, 3.63) is 22.4 Å². The Morgan fingerprint density at radius 1 is 1.25 bits per heavy atom. The zero-order valence-electron chi connectivity index (χ0n) is 16.7. The van der Waals surface area contributed by atoms with Crippen LogP contribution < -0.4 is 5.32 Å². The van der Waals surface area contributed by atoms with E-state index in [0.717, 1.165) is 38.5 Å². The number of nitrogens with one attached hydrogen (secondary N) is 1. The average molecular weight is 414 g/mol. The van der Waals surface area contributed by atoms with Crippen molar-refractivity contribution in [2.24, 2.45) is 5.92 Å². The van der Waals surface area contributed by atoms with E-state index in [1.807, 2.05) is 13.8 Å². The summed E-state index contributed by atoms with van der Waals surface area (Å²) in [5.41, 5.74) is 0. The first-order valence-electron chi connectivity index (χ1n) is 10.2. The predicted molar refractivity (Wildman–Crippen MR) is 107 cm³/mol. The summed E-state index contributed by atoms with van der Waals surface area (Å²) in [6.45, 7) is 4.96. The third kappa shape index (κ3) is 5.09.